The first-order valence-electron chi connectivity index (χ1n) is 12.0. The molecule has 0 aliphatic carbocycles. The third-order valence-electron chi connectivity index (χ3n) is 6.77. The molecule has 33 heavy (non-hydrogen) atoms. The summed E-state index contributed by atoms with van der Waals surface area (Å²) in [5.74, 6) is 0.762. The first-order valence-corrected chi connectivity index (χ1v) is 12.0. The van der Waals surface area contributed by atoms with Crippen molar-refractivity contribution in [3.05, 3.63) is 58.9 Å². The number of aryl methyl sites for hydroxylation is 2. The molecule has 2 aromatic heterocycles. The van der Waals surface area contributed by atoms with Crippen molar-refractivity contribution in [3.8, 4) is 0 Å². The summed E-state index contributed by atoms with van der Waals surface area (Å²) in [6.45, 7) is 5.98. The van der Waals surface area contributed by atoms with E-state index in [1.165, 1.54) is 0 Å². The van der Waals surface area contributed by atoms with Gasteiger partial charge in [-0.05, 0) is 70.6 Å². The van der Waals surface area contributed by atoms with Crippen LogP contribution in [0.25, 0.3) is 11.0 Å². The Bertz CT molecular complexity index is 1200. The van der Waals surface area contributed by atoms with Crippen LogP contribution in [0.2, 0.25) is 0 Å². The van der Waals surface area contributed by atoms with Gasteiger partial charge in [0, 0.05) is 31.2 Å². The normalized spacial score (nSPS) is 19.2. The monoisotopic (exact) mass is 446 g/mol. The Balaban J connectivity index is 1.50. The summed E-state index contributed by atoms with van der Waals surface area (Å²) >= 11 is 0. The Labute approximate surface area is 193 Å². The second-order valence-corrected chi connectivity index (χ2v) is 9.23. The molecule has 7 heteroatoms. The van der Waals surface area contributed by atoms with Gasteiger partial charge >= 0.3 is 0 Å². The highest BCUT2D eigenvalue weighted by atomic mass is 16.3. The Hall–Kier alpha value is -3.22. The van der Waals surface area contributed by atoms with Gasteiger partial charge in [0.1, 0.15) is 11.4 Å². The second kappa shape index (κ2) is 8.96. The number of rotatable bonds is 3. The highest BCUT2D eigenvalue weighted by Gasteiger charge is 2.35. The molecule has 2 fully saturated rings. The number of fused-ring (bicyclic) bond motifs is 1. The molecular weight excluding hydrogens is 416 g/mol. The Kier molecular flexibility index (Phi) is 5.87. The number of hydrogen-bond acceptors (Lipinski definition) is 5. The fourth-order valence-electron chi connectivity index (χ4n) is 5.04. The lowest BCUT2D eigenvalue weighted by Gasteiger charge is -2.36. The predicted octanol–water partition coefficient (Wildman–Crippen LogP) is 4.83. The van der Waals surface area contributed by atoms with Crippen molar-refractivity contribution in [1.29, 1.82) is 0 Å². The zero-order valence-corrected chi connectivity index (χ0v) is 19.3. The maximum Gasteiger partial charge on any atom is 0.290 e. The lowest BCUT2D eigenvalue weighted by molar-refractivity contribution is 0.0565. The predicted molar refractivity (Wildman–Crippen MR) is 125 cm³/mol. The van der Waals surface area contributed by atoms with Gasteiger partial charge in [-0.15, -0.1) is 0 Å². The van der Waals surface area contributed by atoms with Crippen molar-refractivity contribution >= 4 is 22.8 Å². The summed E-state index contributed by atoms with van der Waals surface area (Å²) in [5, 5.41) is 0.922. The topological polar surface area (TPSA) is 79.5 Å². The summed E-state index contributed by atoms with van der Waals surface area (Å²) in [7, 11) is 0. The molecule has 0 spiro atoms. The SMILES string of the molecule is Cc1ccc2oc(C(=O)N3CCCCC3c3nc(C)ncc3C(=O)N3CCCCC3)cc2c1. The van der Waals surface area contributed by atoms with E-state index in [-0.39, 0.29) is 17.9 Å². The molecular formula is C26H30N4O3. The van der Waals surface area contributed by atoms with Crippen LogP contribution in [0.3, 0.4) is 0 Å². The van der Waals surface area contributed by atoms with Gasteiger partial charge in [0.05, 0.1) is 17.3 Å². The van der Waals surface area contributed by atoms with Gasteiger partial charge in [0.15, 0.2) is 5.76 Å². The van der Waals surface area contributed by atoms with Crippen LogP contribution in [-0.4, -0.2) is 51.2 Å². The molecule has 7 nitrogen and oxygen atoms in total. The first-order chi connectivity index (χ1) is 16.0. The molecule has 1 unspecified atom stereocenters. The summed E-state index contributed by atoms with van der Waals surface area (Å²) in [6, 6.07) is 7.45. The molecule has 1 aromatic carbocycles. The number of aromatic nitrogens is 2. The van der Waals surface area contributed by atoms with Crippen LogP contribution in [0.15, 0.2) is 34.9 Å². The minimum Gasteiger partial charge on any atom is -0.451 e. The van der Waals surface area contributed by atoms with Crippen molar-refractivity contribution in [1.82, 2.24) is 19.8 Å². The van der Waals surface area contributed by atoms with Gasteiger partial charge in [0.25, 0.3) is 11.8 Å². The Morgan fingerprint density at radius 3 is 2.58 bits per heavy atom. The number of amides is 2. The largest absolute Gasteiger partial charge is 0.451 e. The summed E-state index contributed by atoms with van der Waals surface area (Å²) < 4.78 is 5.92. The van der Waals surface area contributed by atoms with E-state index in [0.29, 0.717) is 35.0 Å². The van der Waals surface area contributed by atoms with Crippen LogP contribution in [0.1, 0.15) is 82.6 Å². The van der Waals surface area contributed by atoms with Crippen molar-refractivity contribution < 1.29 is 14.0 Å². The molecule has 0 bridgehead atoms. The summed E-state index contributed by atoms with van der Waals surface area (Å²) in [5.41, 5.74) is 3.01. The molecule has 2 aliphatic rings. The molecule has 4 heterocycles. The van der Waals surface area contributed by atoms with Crippen molar-refractivity contribution in [3.63, 3.8) is 0 Å². The first kappa shape index (κ1) is 21.6. The van der Waals surface area contributed by atoms with E-state index in [1.807, 2.05) is 47.9 Å². The third kappa shape index (κ3) is 4.24. The van der Waals surface area contributed by atoms with E-state index in [2.05, 4.69) is 4.98 Å². The van der Waals surface area contributed by atoms with E-state index < -0.39 is 0 Å². The molecule has 0 radical (unpaired) electrons. The highest BCUT2D eigenvalue weighted by molar-refractivity contribution is 5.98. The number of furan rings is 1. The maximum atomic E-state index is 13.6. The van der Waals surface area contributed by atoms with E-state index >= 15 is 0 Å². The van der Waals surface area contributed by atoms with Crippen LogP contribution in [-0.2, 0) is 0 Å². The minimum absolute atomic E-state index is 0.0260. The fraction of sp³-hybridized carbons (Fsp3) is 0.462. The van der Waals surface area contributed by atoms with Crippen LogP contribution in [0.4, 0.5) is 0 Å². The van der Waals surface area contributed by atoms with Crippen molar-refractivity contribution in [2.24, 2.45) is 0 Å². The lowest BCUT2D eigenvalue weighted by Crippen LogP contribution is -2.41. The summed E-state index contributed by atoms with van der Waals surface area (Å²) in [6.07, 6.45) is 7.51. The quantitative estimate of drug-likeness (QED) is 0.576. The van der Waals surface area contributed by atoms with Gasteiger partial charge in [-0.1, -0.05) is 11.6 Å². The third-order valence-corrected chi connectivity index (χ3v) is 6.77. The Morgan fingerprint density at radius 1 is 0.970 bits per heavy atom. The van der Waals surface area contributed by atoms with Gasteiger partial charge in [-0.2, -0.15) is 0 Å². The zero-order valence-electron chi connectivity index (χ0n) is 19.3. The van der Waals surface area contributed by atoms with Gasteiger partial charge in [0.2, 0.25) is 0 Å². The molecule has 2 saturated heterocycles. The molecule has 0 N–H and O–H groups in total. The number of carbonyl (C=O) groups excluding carboxylic acids is 2. The number of piperidine rings is 2. The molecule has 0 saturated carbocycles. The molecule has 5 rings (SSSR count). The highest BCUT2D eigenvalue weighted by Crippen LogP contribution is 2.34. The number of nitrogens with zero attached hydrogens (tertiary/aromatic N) is 4. The summed E-state index contributed by atoms with van der Waals surface area (Å²) in [4.78, 5) is 39.8. The zero-order chi connectivity index (χ0) is 22.9. The standard InChI is InChI=1S/C26H30N4O3/c1-17-9-10-22-19(14-17)15-23(33-22)26(32)30-13-7-4-8-21(30)24-20(16-27-18(2)28-24)25(31)29-11-5-3-6-12-29/h9-10,14-16,21H,3-8,11-13H2,1-2H3. The van der Waals surface area contributed by atoms with Gasteiger partial charge < -0.3 is 14.2 Å². The van der Waals surface area contributed by atoms with E-state index in [9.17, 15) is 9.59 Å². The van der Waals surface area contributed by atoms with E-state index in [4.69, 9.17) is 9.40 Å². The van der Waals surface area contributed by atoms with E-state index in [1.54, 1.807) is 6.20 Å². The fourth-order valence-corrected chi connectivity index (χ4v) is 5.04. The van der Waals surface area contributed by atoms with E-state index in [0.717, 1.165) is 62.6 Å². The Morgan fingerprint density at radius 2 is 1.76 bits per heavy atom. The minimum atomic E-state index is -0.272. The molecule has 172 valence electrons. The van der Waals surface area contributed by atoms with Crippen LogP contribution < -0.4 is 0 Å². The van der Waals surface area contributed by atoms with Crippen molar-refractivity contribution in [2.75, 3.05) is 19.6 Å². The van der Waals surface area contributed by atoms with Gasteiger partial charge in [-0.25, -0.2) is 9.97 Å². The van der Waals surface area contributed by atoms with Crippen LogP contribution in [0, 0.1) is 13.8 Å². The maximum absolute atomic E-state index is 13.6. The van der Waals surface area contributed by atoms with Crippen LogP contribution >= 0.6 is 0 Å². The number of benzene rings is 1. The number of carbonyl (C=O) groups is 2. The van der Waals surface area contributed by atoms with Crippen LogP contribution in [0.5, 0.6) is 0 Å². The van der Waals surface area contributed by atoms with Crippen molar-refractivity contribution in [2.45, 2.75) is 58.4 Å². The van der Waals surface area contributed by atoms with Gasteiger partial charge in [-0.3, -0.25) is 9.59 Å². The molecule has 2 amide bonds. The lowest BCUT2D eigenvalue weighted by atomic mass is 9.95. The number of hydrogen-bond donors (Lipinski definition) is 0. The average Bonchev–Trinajstić information content (AvgIpc) is 3.27. The number of likely N-dealkylation sites (tertiary alicyclic amines) is 2. The molecule has 3 aromatic rings. The molecule has 2 aliphatic heterocycles. The smallest absolute Gasteiger partial charge is 0.290 e. The molecule has 1 atom stereocenters. The second-order valence-electron chi connectivity index (χ2n) is 9.23. The average molecular weight is 447 g/mol.